The standard InChI is InChI=1S/C27H21N3O7/c1-3-37-22-14-18(8-13-21(22)36-2)24-23(25(31)17-6-11-20(12-7-17)30(34)35)26(32)27(33)29(24)19-9-4-16(15-28)5-10-19/h4-14,24,31H,3H2,1-2H3/b25-23-. The van der Waals surface area contributed by atoms with Crippen molar-refractivity contribution in [3.8, 4) is 17.6 Å². The van der Waals surface area contributed by atoms with Crippen molar-refractivity contribution in [1.29, 1.82) is 5.26 Å². The lowest BCUT2D eigenvalue weighted by Gasteiger charge is -2.26. The number of hydrogen-bond donors (Lipinski definition) is 1. The Labute approximate surface area is 211 Å². The number of Topliss-reactive ketones (excluding diaryl/α,β-unsaturated/α-hetero) is 1. The summed E-state index contributed by atoms with van der Waals surface area (Å²) in [6.07, 6.45) is 0. The average molecular weight is 499 g/mol. The molecule has 10 heteroatoms. The van der Waals surface area contributed by atoms with E-state index in [1.807, 2.05) is 6.07 Å². The number of methoxy groups -OCH3 is 1. The van der Waals surface area contributed by atoms with Crippen molar-refractivity contribution < 1.29 is 29.1 Å². The molecule has 4 rings (SSSR count). The van der Waals surface area contributed by atoms with Crippen LogP contribution in [0.15, 0.2) is 72.3 Å². The zero-order valence-electron chi connectivity index (χ0n) is 19.9. The summed E-state index contributed by atoms with van der Waals surface area (Å²) in [4.78, 5) is 38.3. The monoisotopic (exact) mass is 499 g/mol. The van der Waals surface area contributed by atoms with Gasteiger partial charge in [0.25, 0.3) is 17.4 Å². The number of ether oxygens (including phenoxy) is 2. The SMILES string of the molecule is CCOc1cc(C2/C(=C(/O)c3ccc([N+](=O)[O-])cc3)C(=O)C(=O)N2c2ccc(C#N)cc2)ccc1OC. The minimum Gasteiger partial charge on any atom is -0.507 e. The minimum atomic E-state index is -1.06. The van der Waals surface area contributed by atoms with Gasteiger partial charge in [0.15, 0.2) is 11.5 Å². The number of nitro groups is 1. The third-order valence-corrected chi connectivity index (χ3v) is 5.87. The van der Waals surface area contributed by atoms with Crippen molar-refractivity contribution in [2.24, 2.45) is 0 Å². The lowest BCUT2D eigenvalue weighted by molar-refractivity contribution is -0.384. The van der Waals surface area contributed by atoms with Gasteiger partial charge in [-0.05, 0) is 61.0 Å². The lowest BCUT2D eigenvalue weighted by atomic mass is 9.94. The van der Waals surface area contributed by atoms with Crippen molar-refractivity contribution in [2.75, 3.05) is 18.6 Å². The van der Waals surface area contributed by atoms with E-state index in [4.69, 9.17) is 14.7 Å². The van der Waals surface area contributed by atoms with Gasteiger partial charge < -0.3 is 14.6 Å². The lowest BCUT2D eigenvalue weighted by Crippen LogP contribution is -2.29. The van der Waals surface area contributed by atoms with Crippen molar-refractivity contribution in [1.82, 2.24) is 0 Å². The summed E-state index contributed by atoms with van der Waals surface area (Å²) in [5, 5.41) is 31.4. The van der Waals surface area contributed by atoms with E-state index < -0.39 is 28.4 Å². The highest BCUT2D eigenvalue weighted by Crippen LogP contribution is 2.44. The maximum atomic E-state index is 13.3. The minimum absolute atomic E-state index is 0.131. The quantitative estimate of drug-likeness (QED) is 0.165. The molecule has 1 amide bonds. The Hall–Kier alpha value is -5.17. The van der Waals surface area contributed by atoms with Crippen molar-refractivity contribution in [3.63, 3.8) is 0 Å². The number of nitriles is 1. The predicted molar refractivity (Wildman–Crippen MR) is 133 cm³/mol. The molecule has 1 saturated heterocycles. The fourth-order valence-electron chi connectivity index (χ4n) is 4.14. The Morgan fingerprint density at radius 3 is 2.32 bits per heavy atom. The smallest absolute Gasteiger partial charge is 0.300 e. The summed E-state index contributed by atoms with van der Waals surface area (Å²) in [6, 6.07) is 17.0. The molecule has 0 spiro atoms. The van der Waals surface area contributed by atoms with E-state index in [-0.39, 0.29) is 16.8 Å². The third kappa shape index (κ3) is 4.58. The molecule has 0 radical (unpaired) electrons. The summed E-state index contributed by atoms with van der Waals surface area (Å²) in [5.41, 5.74) is 0.898. The Kier molecular flexibility index (Phi) is 6.88. The first-order valence-electron chi connectivity index (χ1n) is 11.2. The van der Waals surface area contributed by atoms with E-state index in [9.17, 15) is 24.8 Å². The van der Waals surface area contributed by atoms with Gasteiger partial charge in [0.2, 0.25) is 0 Å². The Balaban J connectivity index is 1.94. The van der Waals surface area contributed by atoms with Crippen LogP contribution >= 0.6 is 0 Å². The molecule has 1 N–H and O–H groups in total. The summed E-state index contributed by atoms with van der Waals surface area (Å²) >= 11 is 0. The number of carbonyl (C=O) groups excluding carboxylic acids is 2. The number of nitrogens with zero attached hydrogens (tertiary/aromatic N) is 3. The second-order valence-electron chi connectivity index (χ2n) is 7.98. The molecule has 0 aromatic heterocycles. The first-order chi connectivity index (χ1) is 17.8. The van der Waals surface area contributed by atoms with Gasteiger partial charge in [-0.25, -0.2) is 0 Å². The Morgan fingerprint density at radius 2 is 1.76 bits per heavy atom. The molecule has 1 atom stereocenters. The van der Waals surface area contributed by atoms with Crippen LogP contribution in [-0.2, 0) is 9.59 Å². The topological polar surface area (TPSA) is 143 Å². The molecule has 1 fully saturated rings. The summed E-state index contributed by atoms with van der Waals surface area (Å²) < 4.78 is 11.0. The largest absolute Gasteiger partial charge is 0.507 e. The molecule has 0 aliphatic carbocycles. The van der Waals surface area contributed by atoms with Crippen molar-refractivity contribution >= 4 is 28.8 Å². The van der Waals surface area contributed by atoms with Crippen LogP contribution in [0, 0.1) is 21.4 Å². The molecule has 1 unspecified atom stereocenters. The van der Waals surface area contributed by atoms with Gasteiger partial charge in [-0.3, -0.25) is 24.6 Å². The van der Waals surface area contributed by atoms with Crippen LogP contribution in [0.2, 0.25) is 0 Å². The maximum absolute atomic E-state index is 13.3. The van der Waals surface area contributed by atoms with E-state index in [0.717, 1.165) is 0 Å². The molecule has 1 heterocycles. The third-order valence-electron chi connectivity index (χ3n) is 5.87. The predicted octanol–water partition coefficient (Wildman–Crippen LogP) is 4.50. The van der Waals surface area contributed by atoms with Crippen molar-refractivity contribution in [3.05, 3.63) is 99.1 Å². The van der Waals surface area contributed by atoms with Gasteiger partial charge in [-0.1, -0.05) is 6.07 Å². The van der Waals surface area contributed by atoms with Crippen LogP contribution in [0.3, 0.4) is 0 Å². The van der Waals surface area contributed by atoms with Gasteiger partial charge in [0, 0.05) is 23.4 Å². The second kappa shape index (κ2) is 10.2. The number of benzene rings is 3. The van der Waals surface area contributed by atoms with Crippen LogP contribution in [0.4, 0.5) is 11.4 Å². The molecule has 1 aliphatic rings. The molecule has 37 heavy (non-hydrogen) atoms. The molecular weight excluding hydrogens is 478 g/mol. The fourth-order valence-corrected chi connectivity index (χ4v) is 4.14. The number of nitro benzene ring substituents is 1. The molecule has 0 saturated carbocycles. The fraction of sp³-hybridized carbons (Fsp3) is 0.148. The van der Waals surface area contributed by atoms with Crippen LogP contribution in [0.25, 0.3) is 5.76 Å². The summed E-state index contributed by atoms with van der Waals surface area (Å²) in [5.74, 6) is -1.48. The highest BCUT2D eigenvalue weighted by molar-refractivity contribution is 6.51. The first-order valence-corrected chi connectivity index (χ1v) is 11.2. The van der Waals surface area contributed by atoms with Gasteiger partial charge >= 0.3 is 0 Å². The van der Waals surface area contributed by atoms with Gasteiger partial charge in [-0.15, -0.1) is 0 Å². The number of carbonyl (C=O) groups is 2. The van der Waals surface area contributed by atoms with Crippen LogP contribution < -0.4 is 14.4 Å². The zero-order chi connectivity index (χ0) is 26.7. The number of amides is 1. The normalized spacial score (nSPS) is 16.4. The van der Waals surface area contributed by atoms with Crippen LogP contribution in [0.5, 0.6) is 11.5 Å². The number of non-ortho nitro benzene ring substituents is 1. The number of anilines is 1. The molecule has 3 aromatic rings. The van der Waals surface area contributed by atoms with E-state index in [0.29, 0.717) is 34.9 Å². The number of ketones is 1. The number of aliphatic hydroxyl groups is 1. The first kappa shape index (κ1) is 24.9. The molecule has 1 aliphatic heterocycles. The summed E-state index contributed by atoms with van der Waals surface area (Å²) in [7, 11) is 1.48. The Morgan fingerprint density at radius 1 is 1.08 bits per heavy atom. The average Bonchev–Trinajstić information content (AvgIpc) is 3.18. The van der Waals surface area contributed by atoms with Crippen molar-refractivity contribution in [2.45, 2.75) is 13.0 Å². The van der Waals surface area contributed by atoms with Crippen LogP contribution in [-0.4, -0.2) is 35.4 Å². The highest BCUT2D eigenvalue weighted by Gasteiger charge is 2.47. The zero-order valence-corrected chi connectivity index (χ0v) is 19.9. The van der Waals surface area contributed by atoms with Gasteiger partial charge in [0.1, 0.15) is 5.76 Å². The number of rotatable bonds is 7. The van der Waals surface area contributed by atoms with E-state index in [1.54, 1.807) is 25.1 Å². The van der Waals surface area contributed by atoms with Crippen LogP contribution in [0.1, 0.15) is 29.7 Å². The molecule has 3 aromatic carbocycles. The van der Waals surface area contributed by atoms with Gasteiger partial charge in [-0.2, -0.15) is 5.26 Å². The molecular formula is C27H21N3O7. The Bertz CT molecular complexity index is 1450. The summed E-state index contributed by atoms with van der Waals surface area (Å²) in [6.45, 7) is 2.13. The second-order valence-corrected chi connectivity index (χ2v) is 7.98. The number of hydrogen-bond acceptors (Lipinski definition) is 8. The molecule has 10 nitrogen and oxygen atoms in total. The molecule has 186 valence electrons. The van der Waals surface area contributed by atoms with Gasteiger partial charge in [0.05, 0.1) is 41.9 Å². The van der Waals surface area contributed by atoms with E-state index in [2.05, 4.69) is 0 Å². The van der Waals surface area contributed by atoms with E-state index >= 15 is 0 Å². The maximum Gasteiger partial charge on any atom is 0.300 e. The van der Waals surface area contributed by atoms with E-state index in [1.165, 1.54) is 60.5 Å². The molecule has 0 bridgehead atoms. The highest BCUT2D eigenvalue weighted by atomic mass is 16.6. The number of aliphatic hydroxyl groups excluding tert-OH is 1.